The molecule has 0 rings (SSSR count). The Morgan fingerprint density at radius 2 is 1.43 bits per heavy atom. The van der Waals surface area contributed by atoms with Crippen LogP contribution in [-0.2, 0) is 4.74 Å². The second-order valence-electron chi connectivity index (χ2n) is 3.90. The standard InChI is InChI=1S/C4H9O.2C4H9.Sn/c1-3-5-4-2;2*1-3-4-2;/h1,3-4H2,2H3;2*1,3-4H2,2H3;. The first-order chi connectivity index (χ1) is 6.85. The Labute approximate surface area is 97.3 Å². The summed E-state index contributed by atoms with van der Waals surface area (Å²) < 4.78 is 10.1. The van der Waals surface area contributed by atoms with Gasteiger partial charge in [-0.15, -0.1) is 0 Å². The van der Waals surface area contributed by atoms with E-state index in [2.05, 4.69) is 20.8 Å². The van der Waals surface area contributed by atoms with Crippen LogP contribution in [-0.4, -0.2) is 33.0 Å². The van der Waals surface area contributed by atoms with Crippen LogP contribution in [0.2, 0.25) is 13.3 Å². The molecule has 0 aliphatic heterocycles. The van der Waals surface area contributed by atoms with Gasteiger partial charge in [0, 0.05) is 0 Å². The van der Waals surface area contributed by atoms with Crippen molar-refractivity contribution in [2.45, 2.75) is 59.8 Å². The van der Waals surface area contributed by atoms with E-state index in [-0.39, 0.29) is 0 Å². The molecule has 1 radical (unpaired) electrons. The van der Waals surface area contributed by atoms with E-state index >= 15 is 0 Å². The molecule has 0 saturated carbocycles. The second kappa shape index (κ2) is 11.8. The zero-order chi connectivity index (χ0) is 10.6. The van der Waals surface area contributed by atoms with Crippen molar-refractivity contribution in [1.82, 2.24) is 0 Å². The first-order valence-corrected chi connectivity index (χ1v) is 12.3. The van der Waals surface area contributed by atoms with Crippen molar-refractivity contribution in [3.05, 3.63) is 0 Å². The van der Waals surface area contributed by atoms with E-state index in [4.69, 9.17) is 4.74 Å². The van der Waals surface area contributed by atoms with Crippen molar-refractivity contribution in [2.75, 3.05) is 13.2 Å². The van der Waals surface area contributed by atoms with Gasteiger partial charge in [0.05, 0.1) is 0 Å². The Morgan fingerprint density at radius 1 is 0.857 bits per heavy atom. The minimum atomic E-state index is -0.985. The summed E-state index contributed by atoms with van der Waals surface area (Å²) in [5.41, 5.74) is 0. The Bertz CT molecular complexity index is 98.5. The van der Waals surface area contributed by atoms with Crippen LogP contribution in [0, 0.1) is 0 Å². The van der Waals surface area contributed by atoms with E-state index in [0.29, 0.717) is 0 Å². The number of hydrogen-bond acceptors (Lipinski definition) is 1. The van der Waals surface area contributed by atoms with Crippen LogP contribution in [0.15, 0.2) is 0 Å². The summed E-state index contributed by atoms with van der Waals surface area (Å²) in [4.78, 5) is 0. The second-order valence-corrected chi connectivity index (χ2v) is 12.5. The molecule has 0 aromatic rings. The molecule has 0 saturated heterocycles. The van der Waals surface area contributed by atoms with Crippen molar-refractivity contribution in [3.8, 4) is 0 Å². The Morgan fingerprint density at radius 3 is 1.86 bits per heavy atom. The number of unbranched alkanes of at least 4 members (excludes halogenated alkanes) is 2. The van der Waals surface area contributed by atoms with E-state index in [0.717, 1.165) is 13.2 Å². The van der Waals surface area contributed by atoms with Gasteiger partial charge < -0.3 is 0 Å². The summed E-state index contributed by atoms with van der Waals surface area (Å²) in [6.07, 6.45) is 5.71. The number of hydrogen-bond donors (Lipinski definition) is 0. The van der Waals surface area contributed by atoms with E-state index in [1.54, 1.807) is 8.87 Å². The van der Waals surface area contributed by atoms with Crippen LogP contribution in [0.25, 0.3) is 0 Å². The van der Waals surface area contributed by atoms with E-state index in [1.807, 2.05) is 0 Å². The third kappa shape index (κ3) is 9.32. The van der Waals surface area contributed by atoms with Crippen LogP contribution in [0.3, 0.4) is 0 Å². The number of ether oxygens (including phenoxy) is 1. The minimum absolute atomic E-state index is 0.901. The zero-order valence-corrected chi connectivity index (χ0v) is 13.1. The van der Waals surface area contributed by atoms with Crippen molar-refractivity contribution in [1.29, 1.82) is 0 Å². The molecule has 0 bridgehead atoms. The van der Waals surface area contributed by atoms with Crippen LogP contribution in [0.1, 0.15) is 46.5 Å². The van der Waals surface area contributed by atoms with Gasteiger partial charge in [-0.1, -0.05) is 0 Å². The van der Waals surface area contributed by atoms with Crippen LogP contribution in [0.4, 0.5) is 0 Å². The van der Waals surface area contributed by atoms with Gasteiger partial charge in [0.15, 0.2) is 0 Å². The van der Waals surface area contributed by atoms with Gasteiger partial charge in [0.1, 0.15) is 0 Å². The molecule has 2 heteroatoms. The molecule has 0 spiro atoms. The predicted octanol–water partition coefficient (Wildman–Crippen LogP) is 4.12. The molecule has 0 heterocycles. The molecular weight excluding hydrogens is 279 g/mol. The van der Waals surface area contributed by atoms with Crippen molar-refractivity contribution in [2.24, 2.45) is 0 Å². The van der Waals surface area contributed by atoms with Gasteiger partial charge in [-0.05, 0) is 0 Å². The van der Waals surface area contributed by atoms with Gasteiger partial charge in [0.2, 0.25) is 0 Å². The Hall–Kier alpha value is 0.759. The topological polar surface area (TPSA) is 9.23 Å². The monoisotopic (exact) mass is 307 g/mol. The van der Waals surface area contributed by atoms with Gasteiger partial charge in [-0.3, -0.25) is 0 Å². The van der Waals surface area contributed by atoms with E-state index in [1.165, 1.54) is 30.1 Å². The molecule has 0 aromatic heterocycles. The van der Waals surface area contributed by atoms with Crippen LogP contribution < -0.4 is 0 Å². The first-order valence-electron chi connectivity index (χ1n) is 6.26. The Balaban J connectivity index is 3.49. The molecule has 0 aliphatic carbocycles. The molecule has 0 aromatic carbocycles. The molecule has 0 atom stereocenters. The van der Waals surface area contributed by atoms with Crippen molar-refractivity contribution in [3.63, 3.8) is 0 Å². The summed E-state index contributed by atoms with van der Waals surface area (Å²) in [7, 11) is 0. The van der Waals surface area contributed by atoms with E-state index < -0.39 is 19.8 Å². The van der Waals surface area contributed by atoms with Crippen LogP contribution in [0.5, 0.6) is 0 Å². The quantitative estimate of drug-likeness (QED) is 0.436. The van der Waals surface area contributed by atoms with Gasteiger partial charge in [-0.25, -0.2) is 0 Å². The predicted molar refractivity (Wildman–Crippen MR) is 66.5 cm³/mol. The molecule has 0 amide bonds. The first kappa shape index (κ1) is 14.8. The number of rotatable bonds is 10. The maximum atomic E-state index is 5.47. The van der Waals surface area contributed by atoms with Crippen molar-refractivity contribution < 1.29 is 4.74 Å². The summed E-state index contributed by atoms with van der Waals surface area (Å²) in [5.74, 6) is 0. The van der Waals surface area contributed by atoms with Gasteiger partial charge in [0.25, 0.3) is 0 Å². The molecule has 14 heavy (non-hydrogen) atoms. The van der Waals surface area contributed by atoms with Gasteiger partial charge >= 0.3 is 97.5 Å². The third-order valence-electron chi connectivity index (χ3n) is 2.57. The van der Waals surface area contributed by atoms with Gasteiger partial charge in [-0.2, -0.15) is 0 Å². The molecule has 0 N–H and O–H groups in total. The molecule has 85 valence electrons. The fourth-order valence-corrected chi connectivity index (χ4v) is 9.84. The summed E-state index contributed by atoms with van der Waals surface area (Å²) >= 11 is -0.985. The fourth-order valence-electron chi connectivity index (χ4n) is 1.59. The summed E-state index contributed by atoms with van der Waals surface area (Å²) in [6.45, 7) is 8.67. The summed E-state index contributed by atoms with van der Waals surface area (Å²) in [6, 6.07) is 0. The molecular formula is C12H27OSn. The summed E-state index contributed by atoms with van der Waals surface area (Å²) in [5, 5.41) is 0. The third-order valence-corrected chi connectivity index (χ3v) is 11.2. The van der Waals surface area contributed by atoms with E-state index in [9.17, 15) is 0 Å². The van der Waals surface area contributed by atoms with Crippen molar-refractivity contribution >= 4 is 19.8 Å². The maximum absolute atomic E-state index is 5.47. The molecule has 0 aliphatic rings. The molecule has 1 nitrogen and oxygen atoms in total. The molecule has 0 unspecified atom stereocenters. The van der Waals surface area contributed by atoms with Crippen LogP contribution >= 0.6 is 0 Å². The molecule has 0 fully saturated rings. The Kier molecular flexibility index (Phi) is 12.5. The normalized spacial score (nSPS) is 11.1. The average molecular weight is 306 g/mol. The SMILES string of the molecule is CCC[CH2][Sn]([CH2]CCC)[CH2]COCC. The fraction of sp³-hybridized carbons (Fsp3) is 1.00. The zero-order valence-electron chi connectivity index (χ0n) is 10.3. The average Bonchev–Trinajstić information content (AvgIpc) is 2.21.